The van der Waals surface area contributed by atoms with E-state index in [1.165, 1.54) is 12.5 Å². The summed E-state index contributed by atoms with van der Waals surface area (Å²) in [6.07, 6.45) is 10.8. The highest BCUT2D eigenvalue weighted by atomic mass is 16.5. The number of piperazine rings is 1. The molecule has 1 aliphatic carbocycles. The number of benzene rings is 2. The third-order valence-corrected chi connectivity index (χ3v) is 7.63. The van der Waals surface area contributed by atoms with E-state index in [9.17, 15) is 9.59 Å². The minimum absolute atomic E-state index is 0.0254. The molecule has 202 valence electrons. The van der Waals surface area contributed by atoms with Crippen molar-refractivity contribution < 1.29 is 14.3 Å². The monoisotopic (exact) mass is 515 g/mol. The Kier molecular flexibility index (Phi) is 9.40. The lowest BCUT2D eigenvalue weighted by molar-refractivity contribution is -0.134. The van der Waals surface area contributed by atoms with Crippen molar-refractivity contribution >= 4 is 11.8 Å². The summed E-state index contributed by atoms with van der Waals surface area (Å²) in [4.78, 5) is 26.9. The number of aryl methyl sites for hydroxylation is 2. The molecular weight excluding hydrogens is 474 g/mol. The van der Waals surface area contributed by atoms with Gasteiger partial charge >= 0.3 is 0 Å². The quantitative estimate of drug-likeness (QED) is 0.493. The zero-order valence-corrected chi connectivity index (χ0v) is 22.9. The van der Waals surface area contributed by atoms with E-state index in [-0.39, 0.29) is 29.4 Å². The van der Waals surface area contributed by atoms with Gasteiger partial charge in [-0.2, -0.15) is 0 Å². The van der Waals surface area contributed by atoms with Gasteiger partial charge in [0.05, 0.1) is 0 Å². The molecule has 1 heterocycles. The van der Waals surface area contributed by atoms with E-state index >= 15 is 0 Å². The first kappa shape index (κ1) is 27.6. The van der Waals surface area contributed by atoms with Crippen LogP contribution in [0, 0.1) is 12.3 Å². The Morgan fingerprint density at radius 2 is 1.97 bits per heavy atom. The highest BCUT2D eigenvalue weighted by Crippen LogP contribution is 2.36. The van der Waals surface area contributed by atoms with E-state index < -0.39 is 0 Å². The van der Waals surface area contributed by atoms with Gasteiger partial charge in [-0.25, -0.2) is 0 Å². The Morgan fingerprint density at radius 3 is 2.76 bits per heavy atom. The summed E-state index contributed by atoms with van der Waals surface area (Å²) in [7, 11) is 0. The summed E-state index contributed by atoms with van der Waals surface area (Å²) in [6.45, 7) is 8.73. The molecule has 2 amide bonds. The molecule has 6 heteroatoms. The molecule has 2 N–H and O–H groups in total. The first-order valence-electron chi connectivity index (χ1n) is 13.7. The second-order valence-electron chi connectivity index (χ2n) is 10.8. The molecule has 0 aromatic heterocycles. The van der Waals surface area contributed by atoms with Crippen LogP contribution < -0.4 is 15.4 Å². The van der Waals surface area contributed by atoms with E-state index in [2.05, 4.69) is 84.0 Å². The van der Waals surface area contributed by atoms with Crippen LogP contribution in [0.3, 0.4) is 0 Å². The number of carbonyl (C=O) groups excluding carboxylic acids is 2. The van der Waals surface area contributed by atoms with Crippen LogP contribution in [0.25, 0.3) is 0 Å². The normalized spacial score (nSPS) is 22.8. The van der Waals surface area contributed by atoms with E-state index in [0.717, 1.165) is 49.4 Å². The minimum atomic E-state index is -0.250. The molecule has 38 heavy (non-hydrogen) atoms. The van der Waals surface area contributed by atoms with Crippen molar-refractivity contribution in [3.63, 3.8) is 0 Å². The average Bonchev–Trinajstić information content (AvgIpc) is 2.90. The fraction of sp³-hybridized carbons (Fsp3) is 0.438. The molecule has 4 rings (SSSR count). The average molecular weight is 516 g/mol. The van der Waals surface area contributed by atoms with Gasteiger partial charge in [-0.05, 0) is 55.0 Å². The summed E-state index contributed by atoms with van der Waals surface area (Å²) < 4.78 is 6.63. The first-order chi connectivity index (χ1) is 18.3. The van der Waals surface area contributed by atoms with Gasteiger partial charge in [0.15, 0.2) is 0 Å². The van der Waals surface area contributed by atoms with Gasteiger partial charge in [0.1, 0.15) is 11.9 Å². The second-order valence-corrected chi connectivity index (χ2v) is 10.8. The van der Waals surface area contributed by atoms with Crippen molar-refractivity contribution in [2.45, 2.75) is 58.6 Å². The molecule has 0 radical (unpaired) electrons. The summed E-state index contributed by atoms with van der Waals surface area (Å²) in [6, 6.07) is 16.8. The van der Waals surface area contributed by atoms with Crippen molar-refractivity contribution in [2.24, 2.45) is 5.41 Å². The Labute approximate surface area is 227 Å². The fourth-order valence-corrected chi connectivity index (χ4v) is 5.32. The highest BCUT2D eigenvalue weighted by Gasteiger charge is 2.34. The number of amides is 2. The molecule has 0 saturated carbocycles. The molecule has 3 atom stereocenters. The summed E-state index contributed by atoms with van der Waals surface area (Å²) >= 11 is 0. The maximum absolute atomic E-state index is 13.4. The summed E-state index contributed by atoms with van der Waals surface area (Å²) in [5, 5.41) is 6.36. The van der Waals surface area contributed by atoms with E-state index in [1.807, 2.05) is 18.2 Å². The number of hydrogen-bond donors (Lipinski definition) is 2. The molecule has 1 saturated heterocycles. The van der Waals surface area contributed by atoms with E-state index in [0.29, 0.717) is 19.4 Å². The van der Waals surface area contributed by atoms with Crippen LogP contribution in [0.1, 0.15) is 43.4 Å². The standard InChI is InChI=1S/C32H41N3O3/c1-24-12-13-27(29(21-24)38-30-11-7-8-16-32(30,3)17-18-34-25(2)36)14-15-31(37)35-20-19-33-23-28(35)22-26-9-5-4-6-10-26/h4-13,16,21,28,30,33H,14-15,17-20,22-23H2,1-3H3,(H,34,36)/t28?,30?,32-/m0/s1. The van der Waals surface area contributed by atoms with Crippen LogP contribution in [0.15, 0.2) is 72.8 Å². The summed E-state index contributed by atoms with van der Waals surface area (Å²) in [5.41, 5.74) is 3.17. The molecular formula is C32H41N3O3. The molecule has 1 fully saturated rings. The van der Waals surface area contributed by atoms with Crippen LogP contribution in [0.4, 0.5) is 0 Å². The Bertz CT molecular complexity index is 1160. The maximum atomic E-state index is 13.4. The molecule has 6 nitrogen and oxygen atoms in total. The Balaban J connectivity index is 1.43. The molecule has 2 aromatic rings. The molecule has 2 aliphatic rings. The fourth-order valence-electron chi connectivity index (χ4n) is 5.32. The predicted octanol–water partition coefficient (Wildman–Crippen LogP) is 4.38. The molecule has 2 aromatic carbocycles. The van der Waals surface area contributed by atoms with Crippen LogP contribution in [-0.2, 0) is 22.4 Å². The van der Waals surface area contributed by atoms with E-state index in [4.69, 9.17) is 4.74 Å². The van der Waals surface area contributed by atoms with Gasteiger partial charge in [-0.1, -0.05) is 67.6 Å². The zero-order chi connectivity index (χ0) is 27.0. The number of carbonyl (C=O) groups is 2. The number of allylic oxidation sites excluding steroid dienone is 2. The predicted molar refractivity (Wildman–Crippen MR) is 152 cm³/mol. The van der Waals surface area contributed by atoms with Gasteiger partial charge in [0.25, 0.3) is 0 Å². The van der Waals surface area contributed by atoms with Gasteiger partial charge in [0, 0.05) is 51.0 Å². The van der Waals surface area contributed by atoms with Gasteiger partial charge in [0.2, 0.25) is 11.8 Å². The molecule has 2 unspecified atom stereocenters. The first-order valence-corrected chi connectivity index (χ1v) is 13.7. The molecule has 0 spiro atoms. The third-order valence-electron chi connectivity index (χ3n) is 7.63. The van der Waals surface area contributed by atoms with Crippen molar-refractivity contribution in [3.8, 4) is 5.75 Å². The van der Waals surface area contributed by atoms with E-state index in [1.54, 1.807) is 0 Å². The van der Waals surface area contributed by atoms with Crippen LogP contribution in [0.5, 0.6) is 5.75 Å². The van der Waals surface area contributed by atoms with Crippen molar-refractivity contribution in [2.75, 3.05) is 26.2 Å². The lowest BCUT2D eigenvalue weighted by atomic mass is 9.78. The third kappa shape index (κ3) is 7.35. The van der Waals surface area contributed by atoms with Crippen molar-refractivity contribution in [1.82, 2.24) is 15.5 Å². The SMILES string of the molecule is CC(=O)NCC[C@]1(C)C=CC=CC1Oc1cc(C)ccc1CCC(=O)N1CCNCC1Cc1ccccc1. The van der Waals surface area contributed by atoms with Crippen LogP contribution >= 0.6 is 0 Å². The number of rotatable bonds is 10. The summed E-state index contributed by atoms with van der Waals surface area (Å²) in [5.74, 6) is 0.997. The van der Waals surface area contributed by atoms with Gasteiger partial charge < -0.3 is 20.3 Å². The van der Waals surface area contributed by atoms with Crippen LogP contribution in [0.2, 0.25) is 0 Å². The van der Waals surface area contributed by atoms with Crippen LogP contribution in [-0.4, -0.2) is 55.0 Å². The second kappa shape index (κ2) is 12.9. The largest absolute Gasteiger partial charge is 0.485 e. The smallest absolute Gasteiger partial charge is 0.223 e. The number of hydrogen-bond acceptors (Lipinski definition) is 4. The number of ether oxygens (including phenoxy) is 1. The minimum Gasteiger partial charge on any atom is -0.485 e. The highest BCUT2D eigenvalue weighted by molar-refractivity contribution is 5.77. The van der Waals surface area contributed by atoms with Gasteiger partial charge in [-0.15, -0.1) is 0 Å². The molecule has 1 aliphatic heterocycles. The molecule has 0 bridgehead atoms. The Hall–Kier alpha value is -3.38. The van der Waals surface area contributed by atoms with Gasteiger partial charge in [-0.3, -0.25) is 9.59 Å². The zero-order valence-electron chi connectivity index (χ0n) is 22.9. The maximum Gasteiger partial charge on any atom is 0.223 e. The Morgan fingerprint density at radius 1 is 1.16 bits per heavy atom. The lowest BCUT2D eigenvalue weighted by Crippen LogP contribution is -2.54. The van der Waals surface area contributed by atoms with Crippen molar-refractivity contribution in [1.29, 1.82) is 0 Å². The lowest BCUT2D eigenvalue weighted by Gasteiger charge is -2.37. The number of nitrogens with one attached hydrogen (secondary N) is 2. The van der Waals surface area contributed by atoms with Crippen molar-refractivity contribution in [3.05, 3.63) is 89.5 Å². The number of nitrogens with zero attached hydrogens (tertiary/aromatic N) is 1. The topological polar surface area (TPSA) is 70.7 Å².